The first-order chi connectivity index (χ1) is 13.0. The van der Waals surface area contributed by atoms with Crippen LogP contribution in [-0.4, -0.2) is 26.8 Å². The molecular weight excluding hydrogens is 356 g/mol. The van der Waals surface area contributed by atoms with Gasteiger partial charge in [-0.25, -0.2) is 4.98 Å². The van der Waals surface area contributed by atoms with E-state index < -0.39 is 0 Å². The Morgan fingerprint density at radius 1 is 1.41 bits per heavy atom. The quantitative estimate of drug-likeness (QED) is 0.751. The predicted octanol–water partition coefficient (Wildman–Crippen LogP) is 4.37. The monoisotopic (exact) mass is 384 g/mol. The van der Waals surface area contributed by atoms with Crippen molar-refractivity contribution in [3.05, 3.63) is 24.3 Å². The molecule has 1 N–H and O–H groups in total. The second-order valence-electron chi connectivity index (χ2n) is 7.59. The van der Waals surface area contributed by atoms with Crippen molar-refractivity contribution in [3.8, 4) is 6.07 Å². The third-order valence-corrected chi connectivity index (χ3v) is 6.84. The van der Waals surface area contributed by atoms with Crippen LogP contribution in [0.3, 0.4) is 0 Å². The van der Waals surface area contributed by atoms with Gasteiger partial charge in [-0.2, -0.15) is 5.26 Å². The lowest BCUT2D eigenvalue weighted by molar-refractivity contribution is -0.121. The van der Waals surface area contributed by atoms with E-state index in [4.69, 9.17) is 10.2 Å². The van der Waals surface area contributed by atoms with Crippen molar-refractivity contribution in [2.45, 2.75) is 69.4 Å². The zero-order chi connectivity index (χ0) is 19.4. The highest BCUT2D eigenvalue weighted by molar-refractivity contribution is 8.00. The van der Waals surface area contributed by atoms with Crippen molar-refractivity contribution >= 4 is 28.7 Å². The molecule has 1 amide bonds. The number of amides is 1. The molecule has 0 bridgehead atoms. The van der Waals surface area contributed by atoms with Crippen LogP contribution in [-0.2, 0) is 11.3 Å². The minimum absolute atomic E-state index is 0.0739. The fourth-order valence-electron chi connectivity index (χ4n) is 3.82. The summed E-state index contributed by atoms with van der Waals surface area (Å²) in [5.41, 5.74) is 1.91. The van der Waals surface area contributed by atoms with Gasteiger partial charge in [-0.15, -0.1) is 0 Å². The van der Waals surface area contributed by atoms with Crippen molar-refractivity contribution in [2.75, 3.05) is 0 Å². The normalized spacial score (nSPS) is 23.7. The second-order valence-corrected chi connectivity index (χ2v) is 8.89. The number of carbonyl (C=O) groups excluding carboxylic acids is 1. The Morgan fingerprint density at radius 3 is 2.96 bits per heavy atom. The molecule has 0 radical (unpaired) electrons. The van der Waals surface area contributed by atoms with Gasteiger partial charge in [0.15, 0.2) is 5.16 Å². The Hall–Kier alpha value is -2.00. The molecule has 27 heavy (non-hydrogen) atoms. The first-order valence-corrected chi connectivity index (χ1v) is 10.7. The van der Waals surface area contributed by atoms with Gasteiger partial charge in [-0.05, 0) is 37.3 Å². The summed E-state index contributed by atoms with van der Waals surface area (Å²) >= 11 is 1.48. The highest BCUT2D eigenvalue weighted by Crippen LogP contribution is 2.31. The van der Waals surface area contributed by atoms with Crippen LogP contribution in [0, 0.1) is 23.2 Å². The van der Waals surface area contributed by atoms with Crippen molar-refractivity contribution in [1.29, 1.82) is 5.26 Å². The molecule has 4 unspecified atom stereocenters. The van der Waals surface area contributed by atoms with Crippen LogP contribution in [0.5, 0.6) is 0 Å². The molecular formula is C21H28N4OS. The number of aryl methyl sites for hydroxylation is 1. The van der Waals surface area contributed by atoms with Crippen LogP contribution in [0.2, 0.25) is 0 Å². The molecule has 5 nitrogen and oxygen atoms in total. The second kappa shape index (κ2) is 8.79. The third-order valence-electron chi connectivity index (χ3n) is 5.75. The molecule has 6 heteroatoms. The van der Waals surface area contributed by atoms with Crippen LogP contribution in [0.4, 0.5) is 0 Å². The number of hydrogen-bond donors (Lipinski definition) is 1. The largest absolute Gasteiger partial charge is 0.352 e. The summed E-state index contributed by atoms with van der Waals surface area (Å²) in [6.45, 7) is 7.04. The molecule has 4 atom stereocenters. The minimum atomic E-state index is -0.230. The standard InChI is InChI=1S/C21H28N4OS/c1-14-8-6-10-17(15(14)2)23-20(26)16(3)27-21-24-18-9-4-5-11-19(18)25(21)13-7-12-22/h4-5,9,11,14-17H,6-8,10,13H2,1-3H3,(H,23,26). The summed E-state index contributed by atoms with van der Waals surface area (Å²) in [6.07, 6.45) is 3.92. The van der Waals surface area contributed by atoms with Gasteiger partial charge in [-0.3, -0.25) is 4.79 Å². The van der Waals surface area contributed by atoms with E-state index in [9.17, 15) is 4.79 Å². The first kappa shape index (κ1) is 19.8. The van der Waals surface area contributed by atoms with Gasteiger partial charge >= 0.3 is 0 Å². The topological polar surface area (TPSA) is 70.7 Å². The lowest BCUT2D eigenvalue weighted by Crippen LogP contribution is -2.46. The molecule has 1 aliphatic carbocycles. The van der Waals surface area contributed by atoms with E-state index in [2.05, 4.69) is 29.8 Å². The maximum Gasteiger partial charge on any atom is 0.233 e. The van der Waals surface area contributed by atoms with Crippen molar-refractivity contribution in [1.82, 2.24) is 14.9 Å². The number of nitrogens with zero attached hydrogens (tertiary/aromatic N) is 3. The van der Waals surface area contributed by atoms with Crippen LogP contribution in [0.1, 0.15) is 46.5 Å². The number of aromatic nitrogens is 2. The summed E-state index contributed by atoms with van der Waals surface area (Å²) in [4.78, 5) is 17.5. The SMILES string of the molecule is CC(Sc1nc2ccccc2n1CCC#N)C(=O)NC1CCCC(C)C1C. The number of thioether (sulfide) groups is 1. The molecule has 3 rings (SSSR count). The summed E-state index contributed by atoms with van der Waals surface area (Å²) in [7, 11) is 0. The van der Waals surface area contributed by atoms with Crippen LogP contribution in [0.15, 0.2) is 29.4 Å². The smallest absolute Gasteiger partial charge is 0.233 e. The highest BCUT2D eigenvalue weighted by atomic mass is 32.2. The predicted molar refractivity (Wildman–Crippen MR) is 109 cm³/mol. The number of nitrogens with one attached hydrogen (secondary N) is 1. The lowest BCUT2D eigenvalue weighted by atomic mass is 9.78. The zero-order valence-corrected chi connectivity index (χ0v) is 17.1. The first-order valence-electron chi connectivity index (χ1n) is 9.80. The molecule has 0 saturated heterocycles. The van der Waals surface area contributed by atoms with E-state index in [1.165, 1.54) is 24.6 Å². The van der Waals surface area contributed by atoms with E-state index in [0.29, 0.717) is 24.8 Å². The Morgan fingerprint density at radius 2 is 2.19 bits per heavy atom. The number of carbonyl (C=O) groups is 1. The summed E-state index contributed by atoms with van der Waals surface area (Å²) < 4.78 is 2.05. The Bertz CT molecular complexity index is 840. The average molecular weight is 385 g/mol. The molecule has 0 aliphatic heterocycles. The highest BCUT2D eigenvalue weighted by Gasteiger charge is 2.30. The Kier molecular flexibility index (Phi) is 6.43. The molecule has 1 aromatic heterocycles. The molecule has 1 saturated carbocycles. The van der Waals surface area contributed by atoms with Gasteiger partial charge in [0.2, 0.25) is 5.91 Å². The van der Waals surface area contributed by atoms with Gasteiger partial charge in [-0.1, -0.05) is 50.6 Å². The minimum Gasteiger partial charge on any atom is -0.352 e. The number of nitriles is 1. The van der Waals surface area contributed by atoms with Gasteiger partial charge in [0.1, 0.15) is 0 Å². The maximum absolute atomic E-state index is 12.8. The van der Waals surface area contributed by atoms with E-state index in [1.807, 2.05) is 31.2 Å². The van der Waals surface area contributed by atoms with Crippen LogP contribution in [0.25, 0.3) is 11.0 Å². The van der Waals surface area contributed by atoms with Crippen molar-refractivity contribution in [3.63, 3.8) is 0 Å². The molecule has 1 fully saturated rings. The van der Waals surface area contributed by atoms with Gasteiger partial charge in [0.25, 0.3) is 0 Å². The number of rotatable bonds is 6. The van der Waals surface area contributed by atoms with E-state index in [1.54, 1.807) is 0 Å². The van der Waals surface area contributed by atoms with E-state index in [0.717, 1.165) is 22.6 Å². The van der Waals surface area contributed by atoms with E-state index >= 15 is 0 Å². The van der Waals surface area contributed by atoms with Crippen LogP contribution < -0.4 is 5.32 Å². The number of fused-ring (bicyclic) bond motifs is 1. The Labute approximate surface area is 165 Å². The summed E-state index contributed by atoms with van der Waals surface area (Å²) in [6, 6.07) is 10.4. The molecule has 2 aromatic rings. The number of imidazole rings is 1. The zero-order valence-electron chi connectivity index (χ0n) is 16.3. The van der Waals surface area contributed by atoms with Crippen molar-refractivity contribution < 1.29 is 4.79 Å². The molecule has 0 spiro atoms. The van der Waals surface area contributed by atoms with Gasteiger partial charge in [0, 0.05) is 12.6 Å². The van der Waals surface area contributed by atoms with E-state index in [-0.39, 0.29) is 17.2 Å². The molecule has 1 aromatic carbocycles. The fourth-order valence-corrected chi connectivity index (χ4v) is 4.78. The van der Waals surface area contributed by atoms with Crippen LogP contribution >= 0.6 is 11.8 Å². The Balaban J connectivity index is 1.72. The lowest BCUT2D eigenvalue weighted by Gasteiger charge is -2.35. The van der Waals surface area contributed by atoms with Gasteiger partial charge < -0.3 is 9.88 Å². The number of para-hydroxylation sites is 2. The summed E-state index contributed by atoms with van der Waals surface area (Å²) in [5.74, 6) is 1.24. The number of benzene rings is 1. The maximum atomic E-state index is 12.8. The molecule has 1 aliphatic rings. The fraction of sp³-hybridized carbons (Fsp3) is 0.571. The summed E-state index contributed by atoms with van der Waals surface area (Å²) in [5, 5.41) is 12.8. The van der Waals surface area contributed by atoms with Gasteiger partial charge in [0.05, 0.1) is 28.8 Å². The molecule has 1 heterocycles. The molecule has 144 valence electrons. The van der Waals surface area contributed by atoms with Crippen molar-refractivity contribution in [2.24, 2.45) is 11.8 Å². The number of hydrogen-bond acceptors (Lipinski definition) is 4. The third kappa shape index (κ3) is 4.47. The average Bonchev–Trinajstić information content (AvgIpc) is 3.00.